The van der Waals surface area contributed by atoms with Crippen molar-refractivity contribution in [3.8, 4) is 0 Å². The van der Waals surface area contributed by atoms with Gasteiger partial charge in [0.15, 0.2) is 0 Å². The molecule has 0 heterocycles. The van der Waals surface area contributed by atoms with Gasteiger partial charge in [-0.15, -0.1) is 0 Å². The molecule has 2 nitrogen and oxygen atoms in total. The number of amides is 1. The van der Waals surface area contributed by atoms with E-state index >= 15 is 0 Å². The number of carbonyl (C=O) groups is 1. The molecule has 0 atom stereocenters. The van der Waals surface area contributed by atoms with Gasteiger partial charge in [0.1, 0.15) is 0 Å². The standard InChI is InChI=1S/C18H21NO/c1-2-14-7-9-15(10-8-14)11-12-16-5-3-4-6-17(13-16)18(19)20/h3,5-10,13H,2,4,11-12H2,1H3,(H2,19,20). The minimum atomic E-state index is -0.349. The van der Waals surface area contributed by atoms with Crippen LogP contribution in [0.3, 0.4) is 0 Å². The Bertz CT molecular complexity index is 562. The first-order chi connectivity index (χ1) is 9.69. The van der Waals surface area contributed by atoms with Crippen LogP contribution in [0.25, 0.3) is 0 Å². The third kappa shape index (κ3) is 3.95. The molecule has 0 spiro atoms. The fraction of sp³-hybridized carbons (Fsp3) is 0.278. The van der Waals surface area contributed by atoms with Crippen molar-refractivity contribution in [1.29, 1.82) is 0 Å². The summed E-state index contributed by atoms with van der Waals surface area (Å²) >= 11 is 0. The van der Waals surface area contributed by atoms with Crippen LogP contribution in [-0.4, -0.2) is 5.91 Å². The maximum Gasteiger partial charge on any atom is 0.248 e. The molecular weight excluding hydrogens is 246 g/mol. The molecule has 2 rings (SSSR count). The number of benzene rings is 1. The third-order valence-corrected chi connectivity index (χ3v) is 3.56. The predicted octanol–water partition coefficient (Wildman–Crippen LogP) is 3.48. The number of hydrogen-bond donors (Lipinski definition) is 1. The maximum absolute atomic E-state index is 11.3. The van der Waals surface area contributed by atoms with Gasteiger partial charge in [-0.05, 0) is 48.5 Å². The largest absolute Gasteiger partial charge is 0.366 e. The van der Waals surface area contributed by atoms with Crippen molar-refractivity contribution >= 4 is 5.91 Å². The van der Waals surface area contributed by atoms with Gasteiger partial charge in [0.25, 0.3) is 0 Å². The highest BCUT2D eigenvalue weighted by atomic mass is 16.1. The molecule has 20 heavy (non-hydrogen) atoms. The van der Waals surface area contributed by atoms with Crippen LogP contribution in [0.15, 0.2) is 59.7 Å². The molecule has 1 aromatic rings. The molecule has 2 N–H and O–H groups in total. The Kier molecular flexibility index (Phi) is 4.94. The molecule has 1 amide bonds. The predicted molar refractivity (Wildman–Crippen MR) is 83.3 cm³/mol. The summed E-state index contributed by atoms with van der Waals surface area (Å²) in [7, 11) is 0. The fourth-order valence-electron chi connectivity index (χ4n) is 2.28. The van der Waals surface area contributed by atoms with Gasteiger partial charge in [-0.3, -0.25) is 4.79 Å². The van der Waals surface area contributed by atoms with Crippen molar-refractivity contribution < 1.29 is 4.79 Å². The minimum absolute atomic E-state index is 0.349. The molecule has 0 saturated carbocycles. The van der Waals surface area contributed by atoms with E-state index in [4.69, 9.17) is 5.73 Å². The number of carbonyl (C=O) groups excluding carboxylic acids is 1. The van der Waals surface area contributed by atoms with E-state index in [0.717, 1.165) is 31.3 Å². The van der Waals surface area contributed by atoms with Crippen molar-refractivity contribution in [2.75, 3.05) is 0 Å². The fourth-order valence-corrected chi connectivity index (χ4v) is 2.28. The molecule has 1 aliphatic carbocycles. The van der Waals surface area contributed by atoms with Gasteiger partial charge >= 0.3 is 0 Å². The summed E-state index contributed by atoms with van der Waals surface area (Å²) < 4.78 is 0. The second kappa shape index (κ2) is 6.90. The summed E-state index contributed by atoms with van der Waals surface area (Å²) in [6.07, 6.45) is 11.7. The molecule has 0 unspecified atom stereocenters. The van der Waals surface area contributed by atoms with Crippen LogP contribution in [0.5, 0.6) is 0 Å². The van der Waals surface area contributed by atoms with Crippen LogP contribution < -0.4 is 5.73 Å². The van der Waals surface area contributed by atoms with Gasteiger partial charge in [-0.2, -0.15) is 0 Å². The van der Waals surface area contributed by atoms with Crippen molar-refractivity contribution in [3.05, 3.63) is 70.8 Å². The molecule has 0 aliphatic heterocycles. The van der Waals surface area contributed by atoms with Crippen LogP contribution in [0, 0.1) is 0 Å². The van der Waals surface area contributed by atoms with E-state index in [1.54, 1.807) is 0 Å². The molecular formula is C18H21NO. The lowest BCUT2D eigenvalue weighted by atomic mass is 10.0. The Morgan fingerprint density at radius 3 is 2.50 bits per heavy atom. The number of rotatable bonds is 5. The number of nitrogens with two attached hydrogens (primary N) is 1. The average Bonchev–Trinajstić information content (AvgIpc) is 2.71. The Morgan fingerprint density at radius 2 is 1.85 bits per heavy atom. The highest BCUT2D eigenvalue weighted by Crippen LogP contribution is 2.17. The molecule has 0 aromatic heterocycles. The zero-order valence-corrected chi connectivity index (χ0v) is 11.9. The van der Waals surface area contributed by atoms with Crippen LogP contribution in [-0.2, 0) is 17.6 Å². The van der Waals surface area contributed by atoms with Gasteiger partial charge in [-0.1, -0.05) is 49.4 Å². The van der Waals surface area contributed by atoms with Crippen molar-refractivity contribution in [1.82, 2.24) is 0 Å². The highest BCUT2D eigenvalue weighted by Gasteiger charge is 2.05. The van der Waals surface area contributed by atoms with E-state index in [0.29, 0.717) is 5.57 Å². The van der Waals surface area contributed by atoms with Gasteiger partial charge < -0.3 is 5.73 Å². The van der Waals surface area contributed by atoms with Crippen LogP contribution >= 0.6 is 0 Å². The van der Waals surface area contributed by atoms with Crippen LogP contribution in [0.2, 0.25) is 0 Å². The highest BCUT2D eigenvalue weighted by molar-refractivity contribution is 5.95. The van der Waals surface area contributed by atoms with E-state index in [9.17, 15) is 4.79 Å². The molecule has 1 aromatic carbocycles. The third-order valence-electron chi connectivity index (χ3n) is 3.56. The first-order valence-corrected chi connectivity index (χ1v) is 7.14. The number of allylic oxidation sites excluding steroid dienone is 4. The maximum atomic E-state index is 11.3. The number of hydrogen-bond acceptors (Lipinski definition) is 1. The summed E-state index contributed by atoms with van der Waals surface area (Å²) in [5.41, 5.74) is 9.82. The van der Waals surface area contributed by atoms with Crippen molar-refractivity contribution in [3.63, 3.8) is 0 Å². The van der Waals surface area contributed by atoms with Gasteiger partial charge in [-0.25, -0.2) is 0 Å². The molecule has 1 aliphatic rings. The molecule has 0 bridgehead atoms. The van der Waals surface area contributed by atoms with Crippen LogP contribution in [0.4, 0.5) is 0 Å². The average molecular weight is 267 g/mol. The summed E-state index contributed by atoms with van der Waals surface area (Å²) in [6, 6.07) is 8.73. The lowest BCUT2D eigenvalue weighted by molar-refractivity contribution is -0.114. The molecule has 104 valence electrons. The molecule has 2 heteroatoms. The van der Waals surface area contributed by atoms with Gasteiger partial charge in [0.05, 0.1) is 0 Å². The number of primary amides is 1. The molecule has 0 saturated heterocycles. The quantitative estimate of drug-likeness (QED) is 0.872. The lowest BCUT2D eigenvalue weighted by Crippen LogP contribution is -2.12. The summed E-state index contributed by atoms with van der Waals surface area (Å²) in [5, 5.41) is 0. The smallest absolute Gasteiger partial charge is 0.248 e. The molecule has 0 fully saturated rings. The summed E-state index contributed by atoms with van der Waals surface area (Å²) in [6.45, 7) is 2.16. The van der Waals surface area contributed by atoms with E-state index in [1.165, 1.54) is 11.1 Å². The lowest BCUT2D eigenvalue weighted by Gasteiger charge is -2.05. The van der Waals surface area contributed by atoms with Crippen LogP contribution in [0.1, 0.15) is 30.9 Å². The summed E-state index contributed by atoms with van der Waals surface area (Å²) in [4.78, 5) is 11.3. The Hall–Kier alpha value is -2.09. The van der Waals surface area contributed by atoms with E-state index in [2.05, 4.69) is 43.3 Å². The SMILES string of the molecule is CCc1ccc(CCC2=CC(C(N)=O)=CCC=C2)cc1. The Labute approximate surface area is 120 Å². The zero-order valence-electron chi connectivity index (χ0n) is 11.9. The van der Waals surface area contributed by atoms with Crippen molar-refractivity contribution in [2.45, 2.75) is 32.6 Å². The van der Waals surface area contributed by atoms with E-state index in [1.807, 2.05) is 12.2 Å². The van der Waals surface area contributed by atoms with E-state index in [-0.39, 0.29) is 5.91 Å². The Morgan fingerprint density at radius 1 is 1.15 bits per heavy atom. The second-order valence-corrected chi connectivity index (χ2v) is 5.05. The van der Waals surface area contributed by atoms with Gasteiger partial charge in [0, 0.05) is 5.57 Å². The minimum Gasteiger partial charge on any atom is -0.366 e. The zero-order chi connectivity index (χ0) is 14.4. The first-order valence-electron chi connectivity index (χ1n) is 7.14. The van der Waals surface area contributed by atoms with E-state index < -0.39 is 0 Å². The first kappa shape index (κ1) is 14.3. The molecule has 0 radical (unpaired) electrons. The normalized spacial score (nSPS) is 14.4. The Balaban J connectivity index is 2.01. The monoisotopic (exact) mass is 267 g/mol. The topological polar surface area (TPSA) is 43.1 Å². The second-order valence-electron chi connectivity index (χ2n) is 5.05. The van der Waals surface area contributed by atoms with Crippen molar-refractivity contribution in [2.24, 2.45) is 5.73 Å². The van der Waals surface area contributed by atoms with Gasteiger partial charge in [0.2, 0.25) is 5.91 Å². The summed E-state index contributed by atoms with van der Waals surface area (Å²) in [5.74, 6) is -0.349. The number of aryl methyl sites for hydroxylation is 2.